The van der Waals surface area contributed by atoms with E-state index in [1.807, 2.05) is 18.4 Å². The maximum absolute atomic E-state index is 12.8. The van der Waals surface area contributed by atoms with E-state index in [0.717, 1.165) is 5.56 Å². The third kappa shape index (κ3) is 3.60. The normalized spacial score (nSPS) is 22.8. The molecule has 3 unspecified atom stereocenters. The third-order valence-corrected chi connectivity index (χ3v) is 6.03. The van der Waals surface area contributed by atoms with E-state index in [1.165, 1.54) is 6.33 Å². The molecule has 3 aromatic heterocycles. The average Bonchev–Trinajstić information content (AvgIpc) is 3.26. The number of amides is 1. The molecule has 0 radical (unpaired) electrons. The largest absolute Gasteiger partial charge is 0.471 e. The summed E-state index contributed by atoms with van der Waals surface area (Å²) in [5, 5.41) is 0. The number of ether oxygens (including phenoxy) is 1. The summed E-state index contributed by atoms with van der Waals surface area (Å²) in [7, 11) is 0. The topological polar surface area (TPSA) is 98.9 Å². The molecule has 1 saturated carbocycles. The molecule has 10 heteroatoms. The Morgan fingerprint density at radius 2 is 2.06 bits per heavy atom. The van der Waals surface area contributed by atoms with Crippen LogP contribution in [0, 0.1) is 18.8 Å². The van der Waals surface area contributed by atoms with Crippen LogP contribution in [-0.2, 0) is 11.3 Å². The van der Waals surface area contributed by atoms with Crippen LogP contribution in [0.25, 0.3) is 22.6 Å². The minimum Gasteiger partial charge on any atom is -0.471 e. The fraction of sp³-hybridized carbons (Fsp3) is 0.524. The van der Waals surface area contributed by atoms with E-state index in [1.54, 1.807) is 17.3 Å². The molecule has 0 spiro atoms. The number of alkyl halides is 1. The standard InChI is InChI=1S/C21H24FN7O2/c1-3-29-18(14-8-23-12(2)24-9-14)27-17-19(29)25-11-26-20(17)31-15-4-5-28(10-15)21(30)16-6-13(16)7-22/h8-9,11,13,15-16H,3-7,10H2,1-2H3. The van der Waals surface area contributed by atoms with Gasteiger partial charge < -0.3 is 14.2 Å². The number of hydrogen-bond donors (Lipinski definition) is 0. The Kier molecular flexibility index (Phi) is 4.99. The fourth-order valence-electron chi connectivity index (χ4n) is 4.17. The third-order valence-electron chi connectivity index (χ3n) is 6.03. The van der Waals surface area contributed by atoms with Crippen LogP contribution < -0.4 is 4.74 Å². The Morgan fingerprint density at radius 1 is 1.26 bits per heavy atom. The van der Waals surface area contributed by atoms with Crippen molar-refractivity contribution in [2.24, 2.45) is 11.8 Å². The van der Waals surface area contributed by atoms with Gasteiger partial charge in [-0.15, -0.1) is 0 Å². The lowest BCUT2D eigenvalue weighted by Crippen LogP contribution is -2.32. The van der Waals surface area contributed by atoms with Gasteiger partial charge in [-0.25, -0.2) is 19.9 Å². The van der Waals surface area contributed by atoms with Crippen LogP contribution in [0.1, 0.15) is 25.6 Å². The van der Waals surface area contributed by atoms with Gasteiger partial charge in [0.05, 0.1) is 18.8 Å². The molecule has 1 aliphatic heterocycles. The molecular formula is C21H24FN7O2. The molecule has 1 saturated heterocycles. The van der Waals surface area contributed by atoms with Crippen LogP contribution in [0.2, 0.25) is 0 Å². The molecule has 1 amide bonds. The van der Waals surface area contributed by atoms with Crippen LogP contribution in [0.3, 0.4) is 0 Å². The Hall–Kier alpha value is -3.17. The predicted octanol–water partition coefficient (Wildman–Crippen LogP) is 2.20. The van der Waals surface area contributed by atoms with Crippen molar-refractivity contribution in [2.45, 2.75) is 39.3 Å². The van der Waals surface area contributed by atoms with Gasteiger partial charge in [0, 0.05) is 37.8 Å². The molecule has 1 aliphatic carbocycles. The molecule has 5 rings (SSSR count). The molecular weight excluding hydrogens is 401 g/mol. The lowest BCUT2D eigenvalue weighted by Gasteiger charge is -2.17. The van der Waals surface area contributed by atoms with Crippen molar-refractivity contribution in [3.63, 3.8) is 0 Å². The fourth-order valence-corrected chi connectivity index (χ4v) is 4.17. The molecule has 2 aliphatic rings. The molecule has 4 heterocycles. The molecule has 31 heavy (non-hydrogen) atoms. The molecule has 0 bridgehead atoms. The second-order valence-corrected chi connectivity index (χ2v) is 8.12. The van der Waals surface area contributed by atoms with Gasteiger partial charge in [0.2, 0.25) is 11.8 Å². The highest BCUT2D eigenvalue weighted by Crippen LogP contribution is 2.41. The number of rotatable bonds is 6. The Labute approximate surface area is 178 Å². The zero-order valence-corrected chi connectivity index (χ0v) is 17.5. The highest BCUT2D eigenvalue weighted by atomic mass is 19.1. The summed E-state index contributed by atoms with van der Waals surface area (Å²) in [6.45, 7) is 5.19. The van der Waals surface area contributed by atoms with E-state index >= 15 is 0 Å². The zero-order chi connectivity index (χ0) is 21.5. The SMILES string of the molecule is CCn1c(-c2cnc(C)nc2)nc2c(OC3CCN(C(=O)C4CC4CF)C3)ncnc21. The summed E-state index contributed by atoms with van der Waals surface area (Å²) < 4.78 is 20.9. The first-order chi connectivity index (χ1) is 15.1. The summed E-state index contributed by atoms with van der Waals surface area (Å²) in [4.78, 5) is 36.3. The van der Waals surface area contributed by atoms with Gasteiger partial charge in [-0.1, -0.05) is 0 Å². The first-order valence-corrected chi connectivity index (χ1v) is 10.6. The van der Waals surface area contributed by atoms with Crippen molar-refractivity contribution in [1.82, 2.24) is 34.4 Å². The van der Waals surface area contributed by atoms with Crippen LogP contribution in [0.15, 0.2) is 18.7 Å². The number of likely N-dealkylation sites (tertiary alicyclic amines) is 1. The number of hydrogen-bond acceptors (Lipinski definition) is 7. The minimum absolute atomic E-state index is 0.0403. The molecule has 9 nitrogen and oxygen atoms in total. The molecule has 0 N–H and O–H groups in total. The maximum atomic E-state index is 12.8. The predicted molar refractivity (Wildman–Crippen MR) is 110 cm³/mol. The maximum Gasteiger partial charge on any atom is 0.245 e. The highest BCUT2D eigenvalue weighted by molar-refractivity contribution is 5.82. The smallest absolute Gasteiger partial charge is 0.245 e. The number of carbonyl (C=O) groups is 1. The van der Waals surface area contributed by atoms with E-state index in [2.05, 4.69) is 19.9 Å². The molecule has 162 valence electrons. The van der Waals surface area contributed by atoms with Crippen LogP contribution in [-0.4, -0.2) is 66.2 Å². The van der Waals surface area contributed by atoms with E-state index in [-0.39, 0.29) is 23.8 Å². The highest BCUT2D eigenvalue weighted by Gasteiger charge is 2.46. The van der Waals surface area contributed by atoms with Crippen LogP contribution >= 0.6 is 0 Å². The second-order valence-electron chi connectivity index (χ2n) is 8.12. The van der Waals surface area contributed by atoms with Gasteiger partial charge in [-0.05, 0) is 26.2 Å². The molecule has 2 fully saturated rings. The molecule has 0 aromatic carbocycles. The van der Waals surface area contributed by atoms with Crippen molar-refractivity contribution in [2.75, 3.05) is 19.8 Å². The lowest BCUT2D eigenvalue weighted by atomic mass is 10.3. The number of fused-ring (bicyclic) bond motifs is 1. The number of carbonyl (C=O) groups excluding carboxylic acids is 1. The van der Waals surface area contributed by atoms with Crippen LogP contribution in [0.5, 0.6) is 5.88 Å². The Bertz CT molecular complexity index is 1120. The van der Waals surface area contributed by atoms with E-state index in [9.17, 15) is 9.18 Å². The quantitative estimate of drug-likeness (QED) is 0.597. The van der Waals surface area contributed by atoms with Gasteiger partial charge in [0.1, 0.15) is 24.1 Å². The number of aryl methyl sites for hydroxylation is 2. The number of halogens is 1. The van der Waals surface area contributed by atoms with E-state index in [4.69, 9.17) is 9.72 Å². The van der Waals surface area contributed by atoms with Gasteiger partial charge in [-0.3, -0.25) is 9.18 Å². The molecule has 3 aromatic rings. The summed E-state index contributed by atoms with van der Waals surface area (Å²) in [5.41, 5.74) is 2.04. The van der Waals surface area contributed by atoms with Crippen molar-refractivity contribution in [3.05, 3.63) is 24.5 Å². The lowest BCUT2D eigenvalue weighted by molar-refractivity contribution is -0.132. The first kappa shape index (κ1) is 19.8. The zero-order valence-electron chi connectivity index (χ0n) is 17.5. The number of imidazole rings is 1. The van der Waals surface area contributed by atoms with Gasteiger partial charge >= 0.3 is 0 Å². The van der Waals surface area contributed by atoms with Gasteiger partial charge in [0.25, 0.3) is 0 Å². The van der Waals surface area contributed by atoms with Crippen LogP contribution in [0.4, 0.5) is 4.39 Å². The first-order valence-electron chi connectivity index (χ1n) is 10.6. The Balaban J connectivity index is 1.38. The monoisotopic (exact) mass is 425 g/mol. The van der Waals surface area contributed by atoms with Crippen molar-refractivity contribution in [3.8, 4) is 17.3 Å². The van der Waals surface area contributed by atoms with E-state index in [0.29, 0.717) is 61.2 Å². The minimum atomic E-state index is -0.419. The van der Waals surface area contributed by atoms with Crippen molar-refractivity contribution < 1.29 is 13.9 Å². The van der Waals surface area contributed by atoms with Crippen molar-refractivity contribution in [1.29, 1.82) is 0 Å². The second kappa shape index (κ2) is 7.82. The Morgan fingerprint density at radius 3 is 2.77 bits per heavy atom. The summed E-state index contributed by atoms with van der Waals surface area (Å²) in [6.07, 6.45) is 6.14. The summed E-state index contributed by atoms with van der Waals surface area (Å²) in [6, 6.07) is 0. The summed E-state index contributed by atoms with van der Waals surface area (Å²) in [5.74, 6) is 1.58. The number of nitrogens with zero attached hydrogens (tertiary/aromatic N) is 7. The number of aromatic nitrogens is 6. The van der Waals surface area contributed by atoms with E-state index < -0.39 is 6.67 Å². The summed E-state index contributed by atoms with van der Waals surface area (Å²) >= 11 is 0. The van der Waals surface area contributed by atoms with Crippen molar-refractivity contribution >= 4 is 17.1 Å². The van der Waals surface area contributed by atoms with Gasteiger partial charge in [0.15, 0.2) is 11.2 Å². The molecule has 3 atom stereocenters. The van der Waals surface area contributed by atoms with Gasteiger partial charge in [-0.2, -0.15) is 4.98 Å². The average molecular weight is 425 g/mol.